The third-order valence-electron chi connectivity index (χ3n) is 3.36. The Hall–Kier alpha value is -1.68. The van der Waals surface area contributed by atoms with Crippen molar-refractivity contribution in [3.63, 3.8) is 0 Å². The summed E-state index contributed by atoms with van der Waals surface area (Å²) in [7, 11) is 0. The molecule has 1 aromatic carbocycles. The third-order valence-corrected chi connectivity index (χ3v) is 3.36. The minimum atomic E-state index is -0.277. The Labute approximate surface area is 99.9 Å². The topological polar surface area (TPSA) is 50.9 Å². The van der Waals surface area contributed by atoms with Crippen molar-refractivity contribution in [2.45, 2.75) is 31.4 Å². The van der Waals surface area contributed by atoms with E-state index in [1.807, 2.05) is 36.5 Å². The number of aliphatic hydroxyl groups is 1. The van der Waals surface area contributed by atoms with Crippen LogP contribution in [0.3, 0.4) is 0 Å². The summed E-state index contributed by atoms with van der Waals surface area (Å²) in [6, 6.07) is 10.1. The molecule has 0 unspecified atom stereocenters. The van der Waals surface area contributed by atoms with E-state index < -0.39 is 0 Å². The normalized spacial score (nSPS) is 24.1. The summed E-state index contributed by atoms with van der Waals surface area (Å²) in [6.07, 6.45) is 4.56. The second-order valence-corrected chi connectivity index (χ2v) is 4.52. The Morgan fingerprint density at radius 3 is 2.71 bits per heavy atom. The Balaban J connectivity index is 1.88. The first-order valence-corrected chi connectivity index (χ1v) is 6.00. The molecule has 1 aliphatic rings. The maximum atomic E-state index is 9.83. The SMILES string of the molecule is O[C@H]1CCC[C@H]1n1cc(-c2ccccc2)nn1. The molecule has 1 aromatic heterocycles. The highest BCUT2D eigenvalue weighted by Gasteiger charge is 2.27. The first kappa shape index (κ1) is 10.5. The van der Waals surface area contributed by atoms with Gasteiger partial charge in [0.15, 0.2) is 0 Å². The molecule has 4 heteroatoms. The molecule has 0 aliphatic heterocycles. The van der Waals surface area contributed by atoms with Gasteiger partial charge in [0.25, 0.3) is 0 Å². The van der Waals surface area contributed by atoms with Gasteiger partial charge in [0.1, 0.15) is 5.69 Å². The molecule has 1 aliphatic carbocycles. The number of aliphatic hydroxyl groups excluding tert-OH is 1. The second kappa shape index (κ2) is 4.30. The van der Waals surface area contributed by atoms with Crippen LogP contribution in [-0.2, 0) is 0 Å². The highest BCUT2D eigenvalue weighted by atomic mass is 16.3. The first-order chi connectivity index (χ1) is 8.34. The minimum absolute atomic E-state index is 0.0972. The summed E-state index contributed by atoms with van der Waals surface area (Å²) in [6.45, 7) is 0. The Kier molecular flexibility index (Phi) is 2.65. The summed E-state index contributed by atoms with van der Waals surface area (Å²) in [5.41, 5.74) is 1.93. The largest absolute Gasteiger partial charge is 0.391 e. The average molecular weight is 229 g/mol. The van der Waals surface area contributed by atoms with Gasteiger partial charge < -0.3 is 5.11 Å². The van der Waals surface area contributed by atoms with Crippen molar-refractivity contribution in [2.24, 2.45) is 0 Å². The van der Waals surface area contributed by atoms with Crippen LogP contribution in [0.4, 0.5) is 0 Å². The van der Waals surface area contributed by atoms with Crippen molar-refractivity contribution in [1.82, 2.24) is 15.0 Å². The van der Waals surface area contributed by atoms with Gasteiger partial charge in [-0.05, 0) is 19.3 Å². The molecule has 1 saturated carbocycles. The maximum absolute atomic E-state index is 9.83. The standard InChI is InChI=1S/C13H15N3O/c17-13-8-4-7-12(13)16-9-11(14-15-16)10-5-2-1-3-6-10/h1-3,5-6,9,12-13,17H,4,7-8H2/t12-,13+/m1/s1. The molecule has 1 heterocycles. The summed E-state index contributed by atoms with van der Waals surface area (Å²) in [5, 5.41) is 18.1. The number of hydrogen-bond acceptors (Lipinski definition) is 3. The minimum Gasteiger partial charge on any atom is -0.391 e. The summed E-state index contributed by atoms with van der Waals surface area (Å²) < 4.78 is 1.81. The smallest absolute Gasteiger partial charge is 0.113 e. The number of hydrogen-bond donors (Lipinski definition) is 1. The van der Waals surface area contributed by atoms with E-state index in [0.717, 1.165) is 30.5 Å². The van der Waals surface area contributed by atoms with Crippen LogP contribution in [0.2, 0.25) is 0 Å². The molecule has 2 aromatic rings. The molecule has 4 nitrogen and oxygen atoms in total. The number of nitrogens with zero attached hydrogens (tertiary/aromatic N) is 3. The molecule has 2 atom stereocenters. The van der Waals surface area contributed by atoms with E-state index >= 15 is 0 Å². The molecular weight excluding hydrogens is 214 g/mol. The number of aromatic nitrogens is 3. The van der Waals surface area contributed by atoms with Crippen LogP contribution in [0.1, 0.15) is 25.3 Å². The lowest BCUT2D eigenvalue weighted by molar-refractivity contribution is 0.129. The molecule has 1 fully saturated rings. The quantitative estimate of drug-likeness (QED) is 0.857. The average Bonchev–Trinajstić information content (AvgIpc) is 2.98. The van der Waals surface area contributed by atoms with Crippen molar-refractivity contribution in [3.05, 3.63) is 36.5 Å². The highest BCUT2D eigenvalue weighted by Crippen LogP contribution is 2.30. The Morgan fingerprint density at radius 1 is 1.18 bits per heavy atom. The third kappa shape index (κ3) is 1.96. The molecule has 0 amide bonds. The second-order valence-electron chi connectivity index (χ2n) is 4.52. The lowest BCUT2D eigenvalue weighted by Crippen LogP contribution is -2.18. The molecule has 0 bridgehead atoms. The van der Waals surface area contributed by atoms with E-state index in [4.69, 9.17) is 0 Å². The molecule has 17 heavy (non-hydrogen) atoms. The van der Waals surface area contributed by atoms with Gasteiger partial charge in [0.05, 0.1) is 18.3 Å². The molecule has 1 N–H and O–H groups in total. The predicted octanol–water partition coefficient (Wildman–Crippen LogP) is 2.03. The molecule has 0 saturated heterocycles. The van der Waals surface area contributed by atoms with Crippen LogP contribution in [0.5, 0.6) is 0 Å². The number of benzene rings is 1. The van der Waals surface area contributed by atoms with Gasteiger partial charge in [-0.2, -0.15) is 0 Å². The fourth-order valence-electron chi connectivity index (χ4n) is 2.41. The van der Waals surface area contributed by atoms with Crippen LogP contribution >= 0.6 is 0 Å². The van der Waals surface area contributed by atoms with E-state index in [0.29, 0.717) is 0 Å². The van der Waals surface area contributed by atoms with Crippen LogP contribution in [0, 0.1) is 0 Å². The summed E-state index contributed by atoms with van der Waals surface area (Å²) in [4.78, 5) is 0. The lowest BCUT2D eigenvalue weighted by atomic mass is 10.2. The van der Waals surface area contributed by atoms with E-state index in [1.54, 1.807) is 4.68 Å². The van der Waals surface area contributed by atoms with Crippen molar-refractivity contribution >= 4 is 0 Å². The highest BCUT2D eigenvalue weighted by molar-refractivity contribution is 5.57. The monoisotopic (exact) mass is 229 g/mol. The zero-order chi connectivity index (χ0) is 11.7. The van der Waals surface area contributed by atoms with Gasteiger partial charge in [0, 0.05) is 5.56 Å². The van der Waals surface area contributed by atoms with Gasteiger partial charge in [-0.1, -0.05) is 35.5 Å². The Morgan fingerprint density at radius 2 is 2.00 bits per heavy atom. The van der Waals surface area contributed by atoms with E-state index in [2.05, 4.69) is 10.3 Å². The zero-order valence-corrected chi connectivity index (χ0v) is 9.53. The molecular formula is C13H15N3O. The van der Waals surface area contributed by atoms with Crippen LogP contribution in [0.15, 0.2) is 36.5 Å². The molecule has 3 rings (SSSR count). The van der Waals surface area contributed by atoms with Gasteiger partial charge in [-0.15, -0.1) is 5.10 Å². The van der Waals surface area contributed by atoms with Gasteiger partial charge in [-0.25, -0.2) is 4.68 Å². The zero-order valence-electron chi connectivity index (χ0n) is 9.53. The van der Waals surface area contributed by atoms with Crippen LogP contribution < -0.4 is 0 Å². The molecule has 88 valence electrons. The van der Waals surface area contributed by atoms with Gasteiger partial charge >= 0.3 is 0 Å². The van der Waals surface area contributed by atoms with Crippen molar-refractivity contribution in [1.29, 1.82) is 0 Å². The van der Waals surface area contributed by atoms with E-state index in [-0.39, 0.29) is 12.1 Å². The maximum Gasteiger partial charge on any atom is 0.113 e. The van der Waals surface area contributed by atoms with Crippen LogP contribution in [0.25, 0.3) is 11.3 Å². The fourth-order valence-corrected chi connectivity index (χ4v) is 2.41. The van der Waals surface area contributed by atoms with Gasteiger partial charge in [-0.3, -0.25) is 0 Å². The fraction of sp³-hybridized carbons (Fsp3) is 0.385. The number of rotatable bonds is 2. The van der Waals surface area contributed by atoms with Crippen LogP contribution in [-0.4, -0.2) is 26.2 Å². The Bertz CT molecular complexity index is 494. The van der Waals surface area contributed by atoms with Crippen molar-refractivity contribution in [2.75, 3.05) is 0 Å². The first-order valence-electron chi connectivity index (χ1n) is 6.00. The molecule has 0 radical (unpaired) electrons. The van der Waals surface area contributed by atoms with E-state index in [9.17, 15) is 5.11 Å². The summed E-state index contributed by atoms with van der Waals surface area (Å²) >= 11 is 0. The predicted molar refractivity (Wildman–Crippen MR) is 64.4 cm³/mol. The molecule has 0 spiro atoms. The van der Waals surface area contributed by atoms with Crippen molar-refractivity contribution < 1.29 is 5.11 Å². The van der Waals surface area contributed by atoms with Crippen molar-refractivity contribution in [3.8, 4) is 11.3 Å². The lowest BCUT2D eigenvalue weighted by Gasteiger charge is -2.13. The van der Waals surface area contributed by atoms with Gasteiger partial charge in [0.2, 0.25) is 0 Å². The van der Waals surface area contributed by atoms with E-state index in [1.165, 1.54) is 0 Å². The summed E-state index contributed by atoms with van der Waals surface area (Å²) in [5.74, 6) is 0.